The average Bonchev–Trinajstić information content (AvgIpc) is 2.75. The lowest BCUT2D eigenvalue weighted by atomic mass is 10.2. The molecule has 2 aromatic heterocycles. The van der Waals surface area contributed by atoms with Crippen LogP contribution in [0.25, 0.3) is 0 Å². The standard InChI is InChI=1S/C11H13N5O4/c1-6-8(7(2)20-15-6)4-12-10-9(16(17)18)11(19-3)14-5-13-10/h5H,4H2,1-3H3,(H,12,13,14). The van der Waals surface area contributed by atoms with Crippen molar-refractivity contribution in [2.45, 2.75) is 20.4 Å². The van der Waals surface area contributed by atoms with Crippen LogP contribution in [0.2, 0.25) is 0 Å². The Labute approximate surface area is 114 Å². The van der Waals surface area contributed by atoms with E-state index in [2.05, 4.69) is 20.4 Å². The van der Waals surface area contributed by atoms with Crippen LogP contribution in [0.1, 0.15) is 17.0 Å². The summed E-state index contributed by atoms with van der Waals surface area (Å²) in [6, 6.07) is 0. The topological polar surface area (TPSA) is 116 Å². The first-order valence-electron chi connectivity index (χ1n) is 5.73. The fourth-order valence-corrected chi connectivity index (χ4v) is 1.73. The first-order valence-corrected chi connectivity index (χ1v) is 5.73. The molecular weight excluding hydrogens is 266 g/mol. The van der Waals surface area contributed by atoms with Gasteiger partial charge < -0.3 is 14.6 Å². The van der Waals surface area contributed by atoms with Crippen LogP contribution in [-0.2, 0) is 6.54 Å². The highest BCUT2D eigenvalue weighted by Crippen LogP contribution is 2.30. The predicted octanol–water partition coefficient (Wildman–Crippen LogP) is 1.61. The summed E-state index contributed by atoms with van der Waals surface area (Å²) in [5, 5.41) is 17.8. The lowest BCUT2D eigenvalue weighted by molar-refractivity contribution is -0.385. The molecule has 2 rings (SSSR count). The largest absolute Gasteiger partial charge is 0.476 e. The normalized spacial score (nSPS) is 10.3. The van der Waals surface area contributed by atoms with Gasteiger partial charge in [-0.3, -0.25) is 10.1 Å². The van der Waals surface area contributed by atoms with Gasteiger partial charge in [0, 0.05) is 12.1 Å². The second kappa shape index (κ2) is 5.51. The van der Waals surface area contributed by atoms with Crippen molar-refractivity contribution in [1.29, 1.82) is 0 Å². The monoisotopic (exact) mass is 279 g/mol. The quantitative estimate of drug-likeness (QED) is 0.648. The number of rotatable bonds is 5. The molecule has 9 nitrogen and oxygen atoms in total. The maximum absolute atomic E-state index is 11.1. The molecule has 0 aliphatic rings. The van der Waals surface area contributed by atoms with E-state index in [4.69, 9.17) is 9.26 Å². The number of nitrogens with one attached hydrogen (secondary N) is 1. The molecule has 0 spiro atoms. The van der Waals surface area contributed by atoms with Crippen molar-refractivity contribution < 1.29 is 14.2 Å². The summed E-state index contributed by atoms with van der Waals surface area (Å²) in [5.74, 6) is 0.645. The summed E-state index contributed by atoms with van der Waals surface area (Å²) >= 11 is 0. The molecule has 1 N–H and O–H groups in total. The SMILES string of the molecule is COc1ncnc(NCc2c(C)noc2C)c1[N+](=O)[O-]. The first kappa shape index (κ1) is 13.7. The summed E-state index contributed by atoms with van der Waals surface area (Å²) in [6.45, 7) is 3.87. The fourth-order valence-electron chi connectivity index (χ4n) is 1.73. The van der Waals surface area contributed by atoms with Crippen LogP contribution < -0.4 is 10.1 Å². The minimum atomic E-state index is -0.589. The van der Waals surface area contributed by atoms with Gasteiger partial charge in [-0.15, -0.1) is 0 Å². The first-order chi connectivity index (χ1) is 9.54. The molecule has 0 radical (unpaired) electrons. The van der Waals surface area contributed by atoms with Crippen molar-refractivity contribution in [2.75, 3.05) is 12.4 Å². The van der Waals surface area contributed by atoms with Gasteiger partial charge in [-0.25, -0.2) is 4.98 Å². The number of ether oxygens (including phenoxy) is 1. The molecule has 0 bridgehead atoms. The fraction of sp³-hybridized carbons (Fsp3) is 0.364. The van der Waals surface area contributed by atoms with E-state index in [1.807, 2.05) is 0 Å². The van der Waals surface area contributed by atoms with E-state index in [1.54, 1.807) is 13.8 Å². The van der Waals surface area contributed by atoms with Crippen LogP contribution >= 0.6 is 0 Å². The van der Waals surface area contributed by atoms with Crippen molar-refractivity contribution in [3.63, 3.8) is 0 Å². The highest BCUT2D eigenvalue weighted by atomic mass is 16.6. The van der Waals surface area contributed by atoms with Crippen LogP contribution in [-0.4, -0.2) is 27.2 Å². The summed E-state index contributed by atoms with van der Waals surface area (Å²) in [7, 11) is 1.31. The van der Waals surface area contributed by atoms with E-state index in [1.165, 1.54) is 13.4 Å². The molecule has 0 unspecified atom stereocenters. The van der Waals surface area contributed by atoms with Gasteiger partial charge in [-0.1, -0.05) is 5.16 Å². The van der Waals surface area contributed by atoms with E-state index in [0.717, 1.165) is 11.3 Å². The van der Waals surface area contributed by atoms with Crippen LogP contribution in [0.15, 0.2) is 10.9 Å². The molecule has 0 atom stereocenters. The Bertz CT molecular complexity index is 620. The van der Waals surface area contributed by atoms with Crippen LogP contribution in [0, 0.1) is 24.0 Å². The Morgan fingerprint density at radius 1 is 1.45 bits per heavy atom. The van der Waals surface area contributed by atoms with Crippen molar-refractivity contribution >= 4 is 11.5 Å². The molecular formula is C11H13N5O4. The number of hydrogen-bond acceptors (Lipinski definition) is 8. The second-order valence-corrected chi connectivity index (χ2v) is 3.99. The van der Waals surface area contributed by atoms with Gasteiger partial charge in [0.05, 0.1) is 17.7 Å². The Kier molecular flexibility index (Phi) is 3.78. The third-order valence-electron chi connectivity index (χ3n) is 2.78. The number of aryl methyl sites for hydroxylation is 2. The zero-order chi connectivity index (χ0) is 14.7. The summed E-state index contributed by atoms with van der Waals surface area (Å²) < 4.78 is 9.89. The van der Waals surface area contributed by atoms with Crippen molar-refractivity contribution in [3.8, 4) is 5.88 Å². The van der Waals surface area contributed by atoms with E-state index in [-0.39, 0.29) is 17.4 Å². The van der Waals surface area contributed by atoms with Gasteiger partial charge >= 0.3 is 5.69 Å². The molecule has 20 heavy (non-hydrogen) atoms. The number of nitro groups is 1. The maximum Gasteiger partial charge on any atom is 0.372 e. The third kappa shape index (κ3) is 2.51. The Balaban J connectivity index is 2.28. The lowest BCUT2D eigenvalue weighted by Gasteiger charge is -2.07. The molecule has 106 valence electrons. The van der Waals surface area contributed by atoms with Gasteiger partial charge in [-0.05, 0) is 13.8 Å². The molecule has 0 aliphatic heterocycles. The maximum atomic E-state index is 11.1. The molecule has 9 heteroatoms. The van der Waals surface area contributed by atoms with Crippen LogP contribution in [0.5, 0.6) is 5.88 Å². The number of methoxy groups -OCH3 is 1. The average molecular weight is 279 g/mol. The molecule has 0 amide bonds. The number of anilines is 1. The summed E-state index contributed by atoms with van der Waals surface area (Å²) in [6.07, 6.45) is 1.20. The van der Waals surface area contributed by atoms with Gasteiger partial charge in [-0.2, -0.15) is 4.98 Å². The van der Waals surface area contributed by atoms with Gasteiger partial charge in [0.2, 0.25) is 5.82 Å². The van der Waals surface area contributed by atoms with Gasteiger partial charge in [0.1, 0.15) is 12.1 Å². The van der Waals surface area contributed by atoms with Gasteiger partial charge in [0.15, 0.2) is 0 Å². The zero-order valence-corrected chi connectivity index (χ0v) is 11.2. The minimum absolute atomic E-state index is 0.0850. The Hall–Kier alpha value is -2.71. The molecule has 0 aliphatic carbocycles. The van der Waals surface area contributed by atoms with Crippen LogP contribution in [0.3, 0.4) is 0 Å². The number of hydrogen-bond donors (Lipinski definition) is 1. The molecule has 0 aromatic carbocycles. The zero-order valence-electron chi connectivity index (χ0n) is 11.2. The molecule has 0 saturated heterocycles. The second-order valence-electron chi connectivity index (χ2n) is 3.99. The number of aromatic nitrogens is 3. The third-order valence-corrected chi connectivity index (χ3v) is 2.78. The minimum Gasteiger partial charge on any atom is -0.476 e. The van der Waals surface area contributed by atoms with E-state index < -0.39 is 4.92 Å². The molecule has 0 saturated carbocycles. The van der Waals surface area contributed by atoms with Gasteiger partial charge in [0.25, 0.3) is 5.88 Å². The molecule has 2 aromatic rings. The smallest absolute Gasteiger partial charge is 0.372 e. The summed E-state index contributed by atoms with van der Waals surface area (Å²) in [4.78, 5) is 18.1. The Morgan fingerprint density at radius 3 is 2.75 bits per heavy atom. The summed E-state index contributed by atoms with van der Waals surface area (Å²) in [5.41, 5.74) is 1.25. The Morgan fingerprint density at radius 2 is 2.20 bits per heavy atom. The predicted molar refractivity (Wildman–Crippen MR) is 68.5 cm³/mol. The van der Waals surface area contributed by atoms with Crippen molar-refractivity contribution in [2.24, 2.45) is 0 Å². The highest BCUT2D eigenvalue weighted by Gasteiger charge is 2.24. The van der Waals surface area contributed by atoms with E-state index >= 15 is 0 Å². The lowest BCUT2D eigenvalue weighted by Crippen LogP contribution is -2.07. The van der Waals surface area contributed by atoms with E-state index in [0.29, 0.717) is 12.3 Å². The molecule has 2 heterocycles. The van der Waals surface area contributed by atoms with Crippen molar-refractivity contribution in [3.05, 3.63) is 33.5 Å². The highest BCUT2D eigenvalue weighted by molar-refractivity contribution is 5.61. The van der Waals surface area contributed by atoms with Crippen LogP contribution in [0.4, 0.5) is 11.5 Å². The molecule has 0 fully saturated rings. The van der Waals surface area contributed by atoms with E-state index in [9.17, 15) is 10.1 Å². The number of nitrogens with zero attached hydrogens (tertiary/aromatic N) is 4. The van der Waals surface area contributed by atoms with Crippen molar-refractivity contribution in [1.82, 2.24) is 15.1 Å².